The fourth-order valence-corrected chi connectivity index (χ4v) is 7.16. The van der Waals surface area contributed by atoms with Crippen molar-refractivity contribution in [3.05, 3.63) is 85.1 Å². The highest BCUT2D eigenvalue weighted by Gasteiger charge is 2.43. The topological polar surface area (TPSA) is 324 Å². The van der Waals surface area contributed by atoms with Crippen LogP contribution in [0.3, 0.4) is 0 Å². The number of aliphatic carboxylic acids is 1. The molecule has 18 heteroatoms. The molecule has 65 heavy (non-hydrogen) atoms. The minimum Gasteiger partial charge on any atom is -0.481 e. The number of cyclic esters (lactones) is 1. The van der Waals surface area contributed by atoms with E-state index in [-0.39, 0.29) is 25.2 Å². The highest BCUT2D eigenvalue weighted by atomic mass is 16.7. The average Bonchev–Trinajstić information content (AvgIpc) is 3.22. The summed E-state index contributed by atoms with van der Waals surface area (Å²) in [5.74, 6) is -6.58. The fourth-order valence-electron chi connectivity index (χ4n) is 7.16. The van der Waals surface area contributed by atoms with Crippen LogP contribution >= 0.6 is 0 Å². The molecule has 1 fully saturated rings. The van der Waals surface area contributed by atoms with Gasteiger partial charge in [-0.3, -0.25) is 19.2 Å². The van der Waals surface area contributed by atoms with Gasteiger partial charge in [0.05, 0.1) is 73.5 Å². The van der Waals surface area contributed by atoms with Crippen molar-refractivity contribution in [3.63, 3.8) is 0 Å². The number of aliphatic hydroxyl groups is 9. The van der Waals surface area contributed by atoms with Crippen LogP contribution in [-0.2, 0) is 33.4 Å². The predicted octanol–water partition coefficient (Wildman–Crippen LogP) is 0.763. The number of carbonyl (C=O) groups excluding carboxylic acids is 3. The third-order valence-electron chi connectivity index (χ3n) is 11.3. The quantitative estimate of drug-likeness (QED) is 0.174. The van der Waals surface area contributed by atoms with Crippen LogP contribution in [0.1, 0.15) is 79.1 Å². The molecule has 2 rings (SSSR count). The van der Waals surface area contributed by atoms with Crippen molar-refractivity contribution in [1.82, 2.24) is 0 Å². The van der Waals surface area contributed by atoms with Crippen LogP contribution in [-0.4, -0.2) is 160 Å². The number of hydrogen-bond donors (Lipinski definition) is 11. The van der Waals surface area contributed by atoms with Gasteiger partial charge in [0.2, 0.25) is 0 Å². The summed E-state index contributed by atoms with van der Waals surface area (Å²) in [6, 6.07) is -1.16. The molecule has 17 atom stereocenters. The van der Waals surface area contributed by atoms with Crippen LogP contribution in [0, 0.1) is 17.8 Å². The number of hydrogen-bond acceptors (Lipinski definition) is 17. The Hall–Kier alpha value is -4.02. The van der Waals surface area contributed by atoms with Crippen LogP contribution in [0.15, 0.2) is 85.1 Å². The molecule has 366 valence electrons. The van der Waals surface area contributed by atoms with Gasteiger partial charge in [-0.2, -0.15) is 0 Å². The molecular formula is C47H71NO17. The van der Waals surface area contributed by atoms with Gasteiger partial charge >= 0.3 is 11.9 Å². The summed E-state index contributed by atoms with van der Waals surface area (Å²) in [6.07, 6.45) is 2.25. The van der Waals surface area contributed by atoms with E-state index in [0.29, 0.717) is 0 Å². The molecule has 0 radical (unpaired) electrons. The summed E-state index contributed by atoms with van der Waals surface area (Å²) in [6.45, 7) is 6.66. The molecule has 18 nitrogen and oxygen atoms in total. The van der Waals surface area contributed by atoms with Gasteiger partial charge in [0.15, 0.2) is 6.29 Å². The van der Waals surface area contributed by atoms with Crippen molar-refractivity contribution >= 4 is 23.5 Å². The number of carbonyl (C=O) groups is 4. The second-order valence-corrected chi connectivity index (χ2v) is 16.9. The summed E-state index contributed by atoms with van der Waals surface area (Å²) in [7, 11) is 0. The number of ketones is 2. The number of nitrogens with two attached hydrogens (primary N) is 1. The highest BCUT2D eigenvalue weighted by molar-refractivity contribution is 5.81. The average molecular weight is 922 g/mol. The first kappa shape index (κ1) is 57.1. The minimum absolute atomic E-state index is 0.302. The van der Waals surface area contributed by atoms with E-state index in [2.05, 4.69) is 0 Å². The molecular weight excluding hydrogens is 851 g/mol. The lowest BCUT2D eigenvalue weighted by Gasteiger charge is -2.41. The molecule has 0 aromatic rings. The van der Waals surface area contributed by atoms with Crippen LogP contribution in [0.2, 0.25) is 0 Å². The van der Waals surface area contributed by atoms with Gasteiger partial charge in [-0.25, -0.2) is 0 Å². The van der Waals surface area contributed by atoms with E-state index in [0.717, 1.165) is 0 Å². The van der Waals surface area contributed by atoms with Gasteiger partial charge in [0.25, 0.3) is 0 Å². The summed E-state index contributed by atoms with van der Waals surface area (Å²) in [5.41, 5.74) is 5.95. The molecule has 0 saturated carbocycles. The molecule has 0 aromatic carbocycles. The van der Waals surface area contributed by atoms with E-state index in [4.69, 9.17) is 19.9 Å². The van der Waals surface area contributed by atoms with Gasteiger partial charge in [-0.05, 0) is 20.3 Å². The van der Waals surface area contributed by atoms with Gasteiger partial charge in [-0.1, -0.05) is 98.9 Å². The molecule has 0 amide bonds. The first-order valence-electron chi connectivity index (χ1n) is 22.0. The zero-order valence-electron chi connectivity index (χ0n) is 37.5. The Kier molecular flexibility index (Phi) is 26.0. The zero-order chi connectivity index (χ0) is 48.8. The zero-order valence-corrected chi connectivity index (χ0v) is 37.5. The van der Waals surface area contributed by atoms with Crippen LogP contribution in [0.5, 0.6) is 0 Å². The molecule has 0 aromatic heterocycles. The monoisotopic (exact) mass is 921 g/mol. The molecule has 0 bridgehead atoms. The SMILES string of the molecule is C[C@H]1[C@@H](O)[C@H](C)/C=C/C=C/C=C/C=C\C=C\C=C\C=C\[C@@H](O[C@@H]2O[C@H](C)[C@@H](O)[C@H](N)[C@@H]2O)C[C@@H](O)[C@H](C(=O)O)[C@H](O)CC(=O)C[C@@H](O)[C@H](O)CCC(=O)C[C@H](O)C[C@H](O)CC(=O)O[C@@H]1C. The molecule has 1 saturated heterocycles. The number of Topliss-reactive ketones (excluding diaryl/α,β-unsaturated/α-hetero) is 2. The van der Waals surface area contributed by atoms with E-state index >= 15 is 0 Å². The Morgan fingerprint density at radius 3 is 1.69 bits per heavy atom. The van der Waals surface area contributed by atoms with Crippen LogP contribution < -0.4 is 5.73 Å². The molecule has 2 heterocycles. The third-order valence-corrected chi connectivity index (χ3v) is 11.3. The lowest BCUT2D eigenvalue weighted by atomic mass is 9.88. The molecule has 0 unspecified atom stereocenters. The lowest BCUT2D eigenvalue weighted by molar-refractivity contribution is -0.277. The second-order valence-electron chi connectivity index (χ2n) is 16.9. The maximum atomic E-state index is 12.9. The third kappa shape index (κ3) is 21.0. The summed E-state index contributed by atoms with van der Waals surface area (Å²) >= 11 is 0. The smallest absolute Gasteiger partial charge is 0.311 e. The Balaban J connectivity index is 2.29. The van der Waals surface area contributed by atoms with Gasteiger partial charge in [-0.15, -0.1) is 0 Å². The van der Waals surface area contributed by atoms with Gasteiger partial charge in [0, 0.05) is 50.4 Å². The molecule has 0 spiro atoms. The van der Waals surface area contributed by atoms with E-state index in [9.17, 15) is 70.2 Å². The standard InChI is InChI=1S/C47H71NO17/c1-27-17-15-13-11-9-7-5-6-8-10-12-14-16-18-35(65-47-45(60)42(48)44(59)30(4)64-47)26-39(56)41(46(61)62)38(55)24-34(52)23-37(54)36(53)20-19-31(49)21-32(50)22-33(51)25-40(57)63-29(3)28(2)43(27)58/h5-18,27-30,32-33,35-39,41-45,47,50-51,53-56,58-60H,19-26,48H2,1-4H3,(H,61,62)/b6-5-,9-7+,10-8+,13-11+,14-12+,17-15+,18-16+/t27-,28-,29-,30-,32+,33+,35-,36-,37-,38-,39-,41-,42+,43+,44-,45+,47+/m1/s1. The van der Waals surface area contributed by atoms with Crippen molar-refractivity contribution in [2.24, 2.45) is 23.5 Å². The number of allylic oxidation sites excluding steroid dienone is 12. The maximum Gasteiger partial charge on any atom is 0.311 e. The number of ether oxygens (including phenoxy) is 3. The summed E-state index contributed by atoms with van der Waals surface area (Å²) < 4.78 is 16.9. The van der Waals surface area contributed by atoms with Crippen LogP contribution in [0.25, 0.3) is 0 Å². The predicted molar refractivity (Wildman–Crippen MR) is 237 cm³/mol. The fraction of sp³-hybridized carbons (Fsp3) is 0.617. The number of esters is 1. The summed E-state index contributed by atoms with van der Waals surface area (Å²) in [5, 5.41) is 106. The first-order valence-corrected chi connectivity index (χ1v) is 22.0. The van der Waals surface area contributed by atoms with Gasteiger partial charge in [0.1, 0.15) is 29.7 Å². The minimum atomic E-state index is -1.97. The Bertz CT molecular complexity index is 1690. The molecule has 12 N–H and O–H groups in total. The number of aliphatic hydroxyl groups excluding tert-OH is 9. The lowest BCUT2D eigenvalue weighted by Crippen LogP contribution is -2.61. The first-order chi connectivity index (χ1) is 30.6. The van der Waals surface area contributed by atoms with E-state index < -0.39 is 153 Å². The number of rotatable bonds is 3. The van der Waals surface area contributed by atoms with Crippen LogP contribution in [0.4, 0.5) is 0 Å². The van der Waals surface area contributed by atoms with E-state index in [1.54, 1.807) is 86.8 Å². The molecule has 2 aliphatic rings. The highest BCUT2D eigenvalue weighted by Crippen LogP contribution is 2.26. The summed E-state index contributed by atoms with van der Waals surface area (Å²) in [4.78, 5) is 50.3. The Morgan fingerprint density at radius 1 is 0.600 bits per heavy atom. The van der Waals surface area contributed by atoms with Crippen molar-refractivity contribution in [3.8, 4) is 0 Å². The molecule has 0 aliphatic carbocycles. The number of carboxylic acids is 1. The molecule has 2 aliphatic heterocycles. The largest absolute Gasteiger partial charge is 0.481 e. The Morgan fingerprint density at radius 2 is 1.12 bits per heavy atom. The maximum absolute atomic E-state index is 12.9. The van der Waals surface area contributed by atoms with E-state index in [1.165, 1.54) is 19.1 Å². The van der Waals surface area contributed by atoms with Crippen molar-refractivity contribution in [2.75, 3.05) is 0 Å². The number of carboxylic acid groups (broad SMARTS) is 1. The van der Waals surface area contributed by atoms with Crippen molar-refractivity contribution in [2.45, 2.75) is 165 Å². The normalized spacial score (nSPS) is 41.6. The second kappa shape index (κ2) is 29.6. The van der Waals surface area contributed by atoms with Crippen molar-refractivity contribution in [1.29, 1.82) is 0 Å². The Labute approximate surface area is 380 Å². The van der Waals surface area contributed by atoms with Gasteiger partial charge < -0.3 is 71.0 Å². The van der Waals surface area contributed by atoms with E-state index in [1.807, 2.05) is 6.92 Å². The van der Waals surface area contributed by atoms with Crippen molar-refractivity contribution < 1.29 is 84.5 Å².